The minimum absolute atomic E-state index is 0.275. The Balaban J connectivity index is 1.34. The Hall–Kier alpha value is -2.77. The molecular weight excluding hydrogens is 370 g/mol. The van der Waals surface area contributed by atoms with Crippen LogP contribution in [0.5, 0.6) is 11.5 Å². The Bertz CT molecular complexity index is 761. The molecule has 1 fully saturated rings. The molecule has 0 unspecified atom stereocenters. The lowest BCUT2D eigenvalue weighted by atomic mass is 10.2. The number of anilines is 1. The van der Waals surface area contributed by atoms with Crippen molar-refractivity contribution in [3.8, 4) is 11.5 Å². The van der Waals surface area contributed by atoms with E-state index in [0.29, 0.717) is 25.4 Å². The van der Waals surface area contributed by atoms with Gasteiger partial charge in [0.2, 0.25) is 0 Å². The van der Waals surface area contributed by atoms with Crippen LogP contribution in [0.4, 0.5) is 10.5 Å². The van der Waals surface area contributed by atoms with Gasteiger partial charge in [0.1, 0.15) is 24.7 Å². The average molecular weight is 399 g/mol. The minimum Gasteiger partial charge on any atom is -0.492 e. The highest BCUT2D eigenvalue weighted by Gasteiger charge is 2.10. The Morgan fingerprint density at radius 2 is 1.79 bits per heavy atom. The fourth-order valence-corrected chi connectivity index (χ4v) is 2.92. The second-order valence-electron chi connectivity index (χ2n) is 6.87. The summed E-state index contributed by atoms with van der Waals surface area (Å²) < 4.78 is 16.8. The lowest BCUT2D eigenvalue weighted by Gasteiger charge is -2.26. The van der Waals surface area contributed by atoms with Crippen LogP contribution in [0.25, 0.3) is 0 Å². The monoisotopic (exact) mass is 399 g/mol. The molecule has 1 saturated heterocycles. The number of benzene rings is 2. The standard InChI is InChI=1S/C22H29N3O4/c1-18-5-7-20(8-6-18)28-13-9-23-22(26)24-19-3-2-4-21(17-19)29-16-12-25-10-14-27-15-11-25/h2-8,17H,9-16H2,1H3,(H2,23,24,26). The third-order valence-electron chi connectivity index (χ3n) is 4.55. The van der Waals surface area contributed by atoms with Gasteiger partial charge in [0, 0.05) is 31.4 Å². The van der Waals surface area contributed by atoms with Crippen LogP contribution in [-0.2, 0) is 4.74 Å². The van der Waals surface area contributed by atoms with Crippen LogP contribution >= 0.6 is 0 Å². The topological polar surface area (TPSA) is 72.1 Å². The van der Waals surface area contributed by atoms with Gasteiger partial charge in [-0.25, -0.2) is 4.79 Å². The molecule has 3 rings (SSSR count). The number of nitrogens with one attached hydrogen (secondary N) is 2. The van der Waals surface area contributed by atoms with E-state index in [-0.39, 0.29) is 6.03 Å². The van der Waals surface area contributed by atoms with Gasteiger partial charge >= 0.3 is 6.03 Å². The maximum atomic E-state index is 12.1. The SMILES string of the molecule is Cc1ccc(OCCNC(=O)Nc2cccc(OCCN3CCOCC3)c2)cc1. The van der Waals surface area contributed by atoms with Crippen LogP contribution in [0, 0.1) is 6.92 Å². The van der Waals surface area contributed by atoms with Gasteiger partial charge in [0.15, 0.2) is 0 Å². The Labute approximate surface area is 171 Å². The molecule has 0 bridgehead atoms. The van der Waals surface area contributed by atoms with Crippen molar-refractivity contribution in [3.63, 3.8) is 0 Å². The number of hydrogen-bond donors (Lipinski definition) is 2. The van der Waals surface area contributed by atoms with Gasteiger partial charge in [-0.2, -0.15) is 0 Å². The van der Waals surface area contributed by atoms with E-state index in [0.717, 1.165) is 44.3 Å². The van der Waals surface area contributed by atoms with Gasteiger partial charge in [0.05, 0.1) is 19.8 Å². The summed E-state index contributed by atoms with van der Waals surface area (Å²) in [6.07, 6.45) is 0. The summed E-state index contributed by atoms with van der Waals surface area (Å²) in [5, 5.41) is 5.60. The highest BCUT2D eigenvalue weighted by Crippen LogP contribution is 2.17. The van der Waals surface area contributed by atoms with Crippen LogP contribution < -0.4 is 20.1 Å². The summed E-state index contributed by atoms with van der Waals surface area (Å²) in [5.41, 5.74) is 1.87. The molecule has 2 aromatic carbocycles. The first-order valence-corrected chi connectivity index (χ1v) is 9.96. The van der Waals surface area contributed by atoms with Crippen LogP contribution in [0.2, 0.25) is 0 Å². The number of ether oxygens (including phenoxy) is 3. The van der Waals surface area contributed by atoms with Crippen molar-refractivity contribution in [1.29, 1.82) is 0 Å². The van der Waals surface area contributed by atoms with Crippen molar-refractivity contribution in [2.75, 3.05) is 57.9 Å². The predicted molar refractivity (Wildman–Crippen MR) is 113 cm³/mol. The number of carbonyl (C=O) groups is 1. The van der Waals surface area contributed by atoms with Gasteiger partial charge in [-0.05, 0) is 31.2 Å². The van der Waals surface area contributed by atoms with Crippen LogP contribution in [-0.4, -0.2) is 63.5 Å². The summed E-state index contributed by atoms with van der Waals surface area (Å²) in [5.74, 6) is 1.53. The van der Waals surface area contributed by atoms with Crippen LogP contribution in [0.15, 0.2) is 48.5 Å². The number of carbonyl (C=O) groups excluding carboxylic acids is 1. The van der Waals surface area contributed by atoms with E-state index in [1.54, 1.807) is 0 Å². The molecule has 0 saturated carbocycles. The van der Waals surface area contributed by atoms with E-state index in [2.05, 4.69) is 15.5 Å². The first-order chi connectivity index (χ1) is 14.2. The van der Waals surface area contributed by atoms with Gasteiger partial charge in [0.25, 0.3) is 0 Å². The largest absolute Gasteiger partial charge is 0.492 e. The molecule has 7 nitrogen and oxygen atoms in total. The maximum Gasteiger partial charge on any atom is 0.319 e. The minimum atomic E-state index is -0.275. The van der Waals surface area contributed by atoms with E-state index >= 15 is 0 Å². The fourth-order valence-electron chi connectivity index (χ4n) is 2.92. The van der Waals surface area contributed by atoms with Crippen molar-refractivity contribution in [2.24, 2.45) is 0 Å². The van der Waals surface area contributed by atoms with Gasteiger partial charge < -0.3 is 24.8 Å². The molecule has 1 heterocycles. The average Bonchev–Trinajstić information content (AvgIpc) is 2.74. The number of rotatable bonds is 9. The molecule has 2 amide bonds. The smallest absolute Gasteiger partial charge is 0.319 e. The quantitative estimate of drug-likeness (QED) is 0.635. The van der Waals surface area contributed by atoms with Gasteiger partial charge in [-0.1, -0.05) is 23.8 Å². The summed E-state index contributed by atoms with van der Waals surface area (Å²) in [6, 6.07) is 14.9. The summed E-state index contributed by atoms with van der Waals surface area (Å²) in [7, 11) is 0. The van der Waals surface area contributed by atoms with Gasteiger partial charge in [-0.3, -0.25) is 4.90 Å². The Morgan fingerprint density at radius 3 is 2.59 bits per heavy atom. The summed E-state index contributed by atoms with van der Waals surface area (Å²) in [4.78, 5) is 14.4. The molecule has 2 N–H and O–H groups in total. The molecule has 156 valence electrons. The first-order valence-electron chi connectivity index (χ1n) is 9.96. The van der Waals surface area contributed by atoms with E-state index in [4.69, 9.17) is 14.2 Å². The molecule has 1 aliphatic heterocycles. The molecule has 0 radical (unpaired) electrons. The molecule has 0 atom stereocenters. The maximum absolute atomic E-state index is 12.1. The van der Waals surface area contributed by atoms with Crippen molar-refractivity contribution < 1.29 is 19.0 Å². The number of aryl methyl sites for hydroxylation is 1. The number of amides is 2. The zero-order valence-electron chi connectivity index (χ0n) is 16.9. The normalized spacial score (nSPS) is 14.2. The lowest BCUT2D eigenvalue weighted by molar-refractivity contribution is 0.0322. The zero-order valence-corrected chi connectivity index (χ0v) is 16.9. The molecule has 0 aliphatic carbocycles. The van der Waals surface area contributed by atoms with Gasteiger partial charge in [-0.15, -0.1) is 0 Å². The molecule has 1 aliphatic rings. The molecule has 0 spiro atoms. The highest BCUT2D eigenvalue weighted by molar-refractivity contribution is 5.89. The summed E-state index contributed by atoms with van der Waals surface area (Å²) in [6.45, 7) is 7.76. The molecule has 2 aromatic rings. The second-order valence-corrected chi connectivity index (χ2v) is 6.87. The second kappa shape index (κ2) is 11.3. The number of nitrogens with zero attached hydrogens (tertiary/aromatic N) is 1. The summed E-state index contributed by atoms with van der Waals surface area (Å²) >= 11 is 0. The van der Waals surface area contributed by atoms with Crippen molar-refractivity contribution in [2.45, 2.75) is 6.92 Å². The highest BCUT2D eigenvalue weighted by atomic mass is 16.5. The van der Waals surface area contributed by atoms with Crippen molar-refractivity contribution in [3.05, 3.63) is 54.1 Å². The third-order valence-corrected chi connectivity index (χ3v) is 4.55. The Kier molecular flexibility index (Phi) is 8.15. The number of morpholine rings is 1. The Morgan fingerprint density at radius 1 is 1.03 bits per heavy atom. The van der Waals surface area contributed by atoms with E-state index in [1.165, 1.54) is 5.56 Å². The predicted octanol–water partition coefficient (Wildman–Crippen LogP) is 2.91. The fraction of sp³-hybridized carbons (Fsp3) is 0.409. The van der Waals surface area contributed by atoms with Crippen molar-refractivity contribution in [1.82, 2.24) is 10.2 Å². The van der Waals surface area contributed by atoms with Crippen LogP contribution in [0.3, 0.4) is 0 Å². The molecule has 29 heavy (non-hydrogen) atoms. The zero-order chi connectivity index (χ0) is 20.3. The number of urea groups is 1. The molecular formula is C22H29N3O4. The lowest BCUT2D eigenvalue weighted by Crippen LogP contribution is -2.38. The van der Waals surface area contributed by atoms with Crippen LogP contribution in [0.1, 0.15) is 5.56 Å². The van der Waals surface area contributed by atoms with E-state index in [9.17, 15) is 4.79 Å². The van der Waals surface area contributed by atoms with Crippen molar-refractivity contribution >= 4 is 11.7 Å². The third kappa shape index (κ3) is 7.63. The van der Waals surface area contributed by atoms with E-state index < -0.39 is 0 Å². The molecule has 0 aromatic heterocycles. The molecule has 7 heteroatoms. The number of hydrogen-bond acceptors (Lipinski definition) is 5. The first kappa shape index (κ1) is 21.0. The van der Waals surface area contributed by atoms with E-state index in [1.807, 2.05) is 55.5 Å².